The Hall–Kier alpha value is -0.120. The lowest BCUT2D eigenvalue weighted by Gasteiger charge is -2.01. The average Bonchev–Trinajstić information content (AvgIpc) is 2.43. The van der Waals surface area contributed by atoms with E-state index in [1.54, 1.807) is 0 Å². The number of rotatable bonds is 1. The molecule has 0 aliphatic carbocycles. The molecule has 1 aliphatic rings. The normalized spacial score (nSPS) is 25.0. The van der Waals surface area contributed by atoms with Crippen LogP contribution in [0.25, 0.3) is 0 Å². The highest BCUT2D eigenvalue weighted by molar-refractivity contribution is 4.63. The van der Waals surface area contributed by atoms with Crippen molar-refractivity contribution < 1.29 is 4.74 Å². The molecule has 1 saturated heterocycles. The fraction of sp³-hybridized carbons (Fsp3) is 1.00. The second kappa shape index (κ2) is 6.01. The summed E-state index contributed by atoms with van der Waals surface area (Å²) in [5.74, 6) is 0. The fourth-order valence-corrected chi connectivity index (χ4v) is 0.830. The van der Waals surface area contributed by atoms with Crippen LogP contribution in [-0.2, 0) is 4.74 Å². The average molecular weight is 132 g/mol. The van der Waals surface area contributed by atoms with Crippen molar-refractivity contribution in [1.29, 1.82) is 0 Å². The van der Waals surface area contributed by atoms with Crippen molar-refractivity contribution in [3.05, 3.63) is 0 Å². The largest absolute Gasteiger partial charge is 0.377 e. The predicted octanol–water partition coefficient (Wildman–Crippen LogP) is -0.301. The summed E-state index contributed by atoms with van der Waals surface area (Å²) in [5.41, 5.74) is 9.81. The molecule has 1 atom stereocenters. The van der Waals surface area contributed by atoms with E-state index in [0.29, 0.717) is 12.6 Å². The van der Waals surface area contributed by atoms with Gasteiger partial charge in [-0.1, -0.05) is 0 Å². The van der Waals surface area contributed by atoms with Gasteiger partial charge >= 0.3 is 0 Å². The van der Waals surface area contributed by atoms with E-state index in [1.807, 2.05) is 0 Å². The van der Waals surface area contributed by atoms with Crippen LogP contribution >= 0.6 is 0 Å². The second-order valence-electron chi connectivity index (χ2n) is 1.87. The second-order valence-corrected chi connectivity index (χ2v) is 1.87. The van der Waals surface area contributed by atoms with Crippen molar-refractivity contribution in [3.63, 3.8) is 0 Å². The van der Waals surface area contributed by atoms with E-state index < -0.39 is 0 Å². The van der Waals surface area contributed by atoms with Gasteiger partial charge in [-0.3, -0.25) is 0 Å². The summed E-state index contributed by atoms with van der Waals surface area (Å²) in [5, 5.41) is 0. The molecule has 3 heteroatoms. The van der Waals surface area contributed by atoms with E-state index in [0.717, 1.165) is 13.0 Å². The molecule has 0 radical (unpaired) electrons. The van der Waals surface area contributed by atoms with Crippen LogP contribution in [0.2, 0.25) is 0 Å². The molecule has 0 aromatic rings. The van der Waals surface area contributed by atoms with Crippen molar-refractivity contribution in [2.75, 3.05) is 20.2 Å². The van der Waals surface area contributed by atoms with Crippen molar-refractivity contribution in [2.45, 2.75) is 18.9 Å². The Morgan fingerprint density at radius 2 is 2.22 bits per heavy atom. The van der Waals surface area contributed by atoms with Crippen molar-refractivity contribution in [1.82, 2.24) is 0 Å². The number of hydrogen-bond donors (Lipinski definition) is 2. The van der Waals surface area contributed by atoms with Crippen LogP contribution < -0.4 is 11.5 Å². The summed E-state index contributed by atoms with van der Waals surface area (Å²) in [6.07, 6.45) is 2.73. The molecule has 0 aromatic heterocycles. The zero-order chi connectivity index (χ0) is 7.11. The smallest absolute Gasteiger partial charge is 0.0698 e. The monoisotopic (exact) mass is 132 g/mol. The van der Waals surface area contributed by atoms with E-state index >= 15 is 0 Å². The number of hydrogen-bond acceptors (Lipinski definition) is 3. The van der Waals surface area contributed by atoms with Gasteiger partial charge in [-0.2, -0.15) is 0 Å². The molecule has 1 rings (SSSR count). The molecule has 0 aromatic carbocycles. The molecule has 4 N–H and O–H groups in total. The molecular formula is C6H16N2O. The maximum Gasteiger partial charge on any atom is 0.0698 e. The Morgan fingerprint density at radius 1 is 1.56 bits per heavy atom. The molecular weight excluding hydrogens is 116 g/mol. The molecule has 56 valence electrons. The molecule has 9 heavy (non-hydrogen) atoms. The Labute approximate surface area is 56.4 Å². The standard InChI is InChI=1S/C5H11NO.CH5N/c6-4-5-2-1-3-7-5;1-2/h5H,1-4,6H2;2H2,1H3. The van der Waals surface area contributed by atoms with Gasteiger partial charge in [0, 0.05) is 13.2 Å². The summed E-state index contributed by atoms with van der Waals surface area (Å²) in [6, 6.07) is 0. The SMILES string of the molecule is CN.NCC1CCCO1. The molecule has 1 aliphatic heterocycles. The van der Waals surface area contributed by atoms with Crippen LogP contribution in [-0.4, -0.2) is 26.3 Å². The van der Waals surface area contributed by atoms with Crippen LogP contribution in [0.5, 0.6) is 0 Å². The molecule has 0 amide bonds. The van der Waals surface area contributed by atoms with Gasteiger partial charge in [0.25, 0.3) is 0 Å². The topological polar surface area (TPSA) is 61.3 Å². The van der Waals surface area contributed by atoms with E-state index in [1.165, 1.54) is 13.5 Å². The third kappa shape index (κ3) is 3.46. The molecule has 1 unspecified atom stereocenters. The first-order valence-corrected chi connectivity index (χ1v) is 3.33. The fourth-order valence-electron chi connectivity index (χ4n) is 0.830. The van der Waals surface area contributed by atoms with Crippen molar-refractivity contribution in [3.8, 4) is 0 Å². The third-order valence-electron chi connectivity index (χ3n) is 1.29. The number of nitrogens with two attached hydrogens (primary N) is 2. The van der Waals surface area contributed by atoms with Crippen LogP contribution in [0, 0.1) is 0 Å². The van der Waals surface area contributed by atoms with Gasteiger partial charge in [-0.15, -0.1) is 0 Å². The van der Waals surface area contributed by atoms with Gasteiger partial charge in [0.1, 0.15) is 0 Å². The first-order chi connectivity index (χ1) is 4.43. The minimum Gasteiger partial charge on any atom is -0.377 e. The maximum absolute atomic E-state index is 5.31. The van der Waals surface area contributed by atoms with E-state index in [9.17, 15) is 0 Å². The Balaban J connectivity index is 0.000000291. The van der Waals surface area contributed by atoms with E-state index in [2.05, 4.69) is 5.73 Å². The Bertz CT molecular complexity index is 53.0. The van der Waals surface area contributed by atoms with Gasteiger partial charge in [-0.25, -0.2) is 0 Å². The Morgan fingerprint density at radius 3 is 2.44 bits per heavy atom. The molecule has 0 bridgehead atoms. The van der Waals surface area contributed by atoms with E-state index in [-0.39, 0.29) is 0 Å². The number of ether oxygens (including phenoxy) is 1. The van der Waals surface area contributed by atoms with Gasteiger partial charge in [0.2, 0.25) is 0 Å². The quantitative estimate of drug-likeness (QED) is 0.515. The minimum absolute atomic E-state index is 0.375. The van der Waals surface area contributed by atoms with Gasteiger partial charge < -0.3 is 16.2 Å². The highest BCUT2D eigenvalue weighted by atomic mass is 16.5. The first-order valence-electron chi connectivity index (χ1n) is 3.33. The van der Waals surface area contributed by atoms with Gasteiger partial charge in [0.05, 0.1) is 6.10 Å². The van der Waals surface area contributed by atoms with Crippen LogP contribution in [0.4, 0.5) is 0 Å². The zero-order valence-electron chi connectivity index (χ0n) is 5.97. The summed E-state index contributed by atoms with van der Waals surface area (Å²) >= 11 is 0. The molecule has 1 heterocycles. The molecule has 3 nitrogen and oxygen atoms in total. The lowest BCUT2D eigenvalue weighted by atomic mass is 10.2. The van der Waals surface area contributed by atoms with Gasteiger partial charge in [0.15, 0.2) is 0 Å². The van der Waals surface area contributed by atoms with Crippen LogP contribution in [0.15, 0.2) is 0 Å². The minimum atomic E-state index is 0.375. The lowest BCUT2D eigenvalue weighted by Crippen LogP contribution is -2.17. The lowest BCUT2D eigenvalue weighted by molar-refractivity contribution is 0.117. The van der Waals surface area contributed by atoms with Crippen LogP contribution in [0.1, 0.15) is 12.8 Å². The highest BCUT2D eigenvalue weighted by Crippen LogP contribution is 2.09. The molecule has 1 fully saturated rings. The summed E-state index contributed by atoms with van der Waals surface area (Å²) in [6.45, 7) is 1.61. The van der Waals surface area contributed by atoms with Crippen LogP contribution in [0.3, 0.4) is 0 Å². The molecule has 0 saturated carbocycles. The summed E-state index contributed by atoms with van der Waals surface area (Å²) in [4.78, 5) is 0. The van der Waals surface area contributed by atoms with Crippen molar-refractivity contribution in [2.24, 2.45) is 11.5 Å². The third-order valence-corrected chi connectivity index (χ3v) is 1.29. The first kappa shape index (κ1) is 8.88. The maximum atomic E-state index is 5.31. The van der Waals surface area contributed by atoms with Crippen molar-refractivity contribution >= 4 is 0 Å². The summed E-state index contributed by atoms with van der Waals surface area (Å²) in [7, 11) is 1.50. The molecule has 0 spiro atoms. The van der Waals surface area contributed by atoms with Gasteiger partial charge in [-0.05, 0) is 19.9 Å². The zero-order valence-corrected chi connectivity index (χ0v) is 5.97. The summed E-state index contributed by atoms with van der Waals surface area (Å²) < 4.78 is 5.18. The highest BCUT2D eigenvalue weighted by Gasteiger charge is 2.11. The van der Waals surface area contributed by atoms with E-state index in [4.69, 9.17) is 10.5 Å². The predicted molar refractivity (Wildman–Crippen MR) is 38.1 cm³/mol. The Kier molecular flexibility index (Phi) is 5.93.